The molecule has 0 radical (unpaired) electrons. The van der Waals surface area contributed by atoms with Gasteiger partial charge in [-0.1, -0.05) is 0 Å². The number of hydrogen-bond acceptors (Lipinski definition) is 7. The molecule has 0 aliphatic rings. The molecule has 3 atom stereocenters. The molecule has 11 heteroatoms. The van der Waals surface area contributed by atoms with Gasteiger partial charge in [-0.15, -0.1) is 0 Å². The zero-order valence-corrected chi connectivity index (χ0v) is 12.8. The molecule has 22 heavy (non-hydrogen) atoms. The molecule has 0 aromatic heterocycles. The van der Waals surface area contributed by atoms with Crippen LogP contribution in [0.3, 0.4) is 0 Å². The third-order valence-electron chi connectivity index (χ3n) is 2.50. The Morgan fingerprint density at radius 2 is 1.77 bits per heavy atom. The van der Waals surface area contributed by atoms with Gasteiger partial charge in [0.25, 0.3) is 0 Å². The van der Waals surface area contributed by atoms with E-state index < -0.39 is 48.4 Å². The molecule has 0 fully saturated rings. The molecule has 0 rings (SSSR count). The third-order valence-corrected chi connectivity index (χ3v) is 2.86. The molecule has 126 valence electrons. The van der Waals surface area contributed by atoms with Crippen molar-refractivity contribution < 1.29 is 29.4 Å². The van der Waals surface area contributed by atoms with E-state index in [4.69, 9.17) is 10.8 Å². The number of carbonyl (C=O) groups is 4. The number of aliphatic carboxylic acids is 1. The number of aliphatic hydroxyl groups excluding tert-OH is 1. The highest BCUT2D eigenvalue weighted by molar-refractivity contribution is 7.80. The van der Waals surface area contributed by atoms with E-state index >= 15 is 0 Å². The van der Waals surface area contributed by atoms with Gasteiger partial charge in [-0.2, -0.15) is 12.6 Å². The predicted molar refractivity (Wildman–Crippen MR) is 79.1 cm³/mol. The molecule has 0 spiro atoms. The molecule has 0 aliphatic carbocycles. The Morgan fingerprint density at radius 3 is 2.18 bits per heavy atom. The van der Waals surface area contributed by atoms with Crippen molar-refractivity contribution in [2.45, 2.75) is 25.1 Å². The number of aliphatic hydroxyl groups is 1. The minimum Gasteiger partial charge on any atom is -0.480 e. The first-order valence-corrected chi connectivity index (χ1v) is 6.94. The summed E-state index contributed by atoms with van der Waals surface area (Å²) in [6.45, 7) is 0.301. The van der Waals surface area contributed by atoms with E-state index in [9.17, 15) is 24.3 Å². The Labute approximate surface area is 132 Å². The molecule has 0 heterocycles. The SMILES string of the molecule is CC(O)C(NC(=O)CN)C(=O)NC(CS)C(=O)NCC(=O)O. The van der Waals surface area contributed by atoms with Crippen LogP contribution in [0.4, 0.5) is 0 Å². The van der Waals surface area contributed by atoms with Crippen molar-refractivity contribution in [2.24, 2.45) is 5.73 Å². The average Bonchev–Trinajstić information content (AvgIpc) is 2.46. The van der Waals surface area contributed by atoms with Crippen molar-refractivity contribution in [3.8, 4) is 0 Å². The van der Waals surface area contributed by atoms with Crippen molar-refractivity contribution in [1.29, 1.82) is 0 Å². The van der Waals surface area contributed by atoms with Crippen LogP contribution in [0.5, 0.6) is 0 Å². The highest BCUT2D eigenvalue weighted by Crippen LogP contribution is 1.97. The van der Waals surface area contributed by atoms with Gasteiger partial charge >= 0.3 is 5.97 Å². The number of amides is 3. The van der Waals surface area contributed by atoms with Gasteiger partial charge < -0.3 is 31.9 Å². The fourth-order valence-electron chi connectivity index (χ4n) is 1.38. The summed E-state index contributed by atoms with van der Waals surface area (Å²) in [5, 5.41) is 24.5. The van der Waals surface area contributed by atoms with Crippen molar-refractivity contribution >= 4 is 36.3 Å². The van der Waals surface area contributed by atoms with Crippen LogP contribution in [-0.4, -0.2) is 70.9 Å². The first-order valence-electron chi connectivity index (χ1n) is 6.31. The summed E-state index contributed by atoms with van der Waals surface area (Å²) in [5.74, 6) is -3.57. The highest BCUT2D eigenvalue weighted by Gasteiger charge is 2.29. The summed E-state index contributed by atoms with van der Waals surface area (Å²) in [5.41, 5.74) is 5.11. The van der Waals surface area contributed by atoms with Crippen molar-refractivity contribution in [3.63, 3.8) is 0 Å². The number of hydrogen-bond donors (Lipinski definition) is 7. The van der Waals surface area contributed by atoms with E-state index in [-0.39, 0.29) is 12.3 Å². The maximum Gasteiger partial charge on any atom is 0.322 e. The quantitative estimate of drug-likeness (QED) is 0.213. The van der Waals surface area contributed by atoms with Gasteiger partial charge in [0.05, 0.1) is 12.6 Å². The first kappa shape index (κ1) is 20.1. The van der Waals surface area contributed by atoms with Crippen LogP contribution in [0.2, 0.25) is 0 Å². The molecule has 7 N–H and O–H groups in total. The van der Waals surface area contributed by atoms with Crippen LogP contribution in [0.15, 0.2) is 0 Å². The van der Waals surface area contributed by atoms with Crippen molar-refractivity contribution in [3.05, 3.63) is 0 Å². The number of carboxylic acid groups (broad SMARTS) is 1. The normalized spacial score (nSPS) is 14.4. The Morgan fingerprint density at radius 1 is 1.18 bits per heavy atom. The summed E-state index contributed by atoms with van der Waals surface area (Å²) in [7, 11) is 0. The van der Waals surface area contributed by atoms with E-state index in [1.165, 1.54) is 6.92 Å². The Kier molecular flexibility index (Phi) is 9.13. The van der Waals surface area contributed by atoms with Gasteiger partial charge in [0.1, 0.15) is 18.6 Å². The van der Waals surface area contributed by atoms with Gasteiger partial charge in [-0.25, -0.2) is 0 Å². The zero-order chi connectivity index (χ0) is 17.3. The van der Waals surface area contributed by atoms with Gasteiger partial charge in [-0.05, 0) is 6.92 Å². The fraction of sp³-hybridized carbons (Fsp3) is 0.636. The summed E-state index contributed by atoms with van der Waals surface area (Å²) in [6, 6.07) is -2.42. The summed E-state index contributed by atoms with van der Waals surface area (Å²) in [4.78, 5) is 45.3. The predicted octanol–water partition coefficient (Wildman–Crippen LogP) is -3.57. The third kappa shape index (κ3) is 7.24. The molecule has 3 amide bonds. The number of nitrogens with one attached hydrogen (secondary N) is 3. The number of rotatable bonds is 9. The summed E-state index contributed by atoms with van der Waals surface area (Å²) < 4.78 is 0. The topological polar surface area (TPSA) is 171 Å². The lowest BCUT2D eigenvalue weighted by atomic mass is 10.1. The molecule has 3 unspecified atom stereocenters. The fourth-order valence-corrected chi connectivity index (χ4v) is 1.64. The van der Waals surface area contributed by atoms with Crippen LogP contribution in [0.1, 0.15) is 6.92 Å². The number of carbonyl (C=O) groups excluding carboxylic acids is 3. The number of nitrogens with two attached hydrogens (primary N) is 1. The van der Waals surface area contributed by atoms with E-state index in [0.29, 0.717) is 0 Å². The standard InChI is InChI=1S/C11H20N4O6S/c1-5(16)9(15-7(17)2-12)11(21)14-6(4-22)10(20)13-3-8(18)19/h5-6,9,16,22H,2-4,12H2,1H3,(H,13,20)(H,14,21)(H,15,17)(H,18,19). The lowest BCUT2D eigenvalue weighted by Crippen LogP contribution is -2.58. The van der Waals surface area contributed by atoms with Crippen LogP contribution in [-0.2, 0) is 19.2 Å². The minimum atomic E-state index is -1.30. The average molecular weight is 336 g/mol. The molecule has 0 saturated carbocycles. The highest BCUT2D eigenvalue weighted by atomic mass is 32.1. The Bertz CT molecular complexity index is 431. The Hall–Kier alpha value is -1.85. The lowest BCUT2D eigenvalue weighted by molar-refractivity contribution is -0.138. The zero-order valence-electron chi connectivity index (χ0n) is 11.9. The molecule has 0 bridgehead atoms. The van der Waals surface area contributed by atoms with E-state index in [1.807, 2.05) is 0 Å². The smallest absolute Gasteiger partial charge is 0.322 e. The molecular weight excluding hydrogens is 316 g/mol. The second-order valence-corrected chi connectivity index (χ2v) is 4.71. The molecule has 0 aliphatic heterocycles. The van der Waals surface area contributed by atoms with E-state index in [1.54, 1.807) is 0 Å². The second-order valence-electron chi connectivity index (χ2n) is 4.35. The van der Waals surface area contributed by atoms with Crippen LogP contribution in [0, 0.1) is 0 Å². The Balaban J connectivity index is 4.75. The molecular formula is C11H20N4O6S. The minimum absolute atomic E-state index is 0.103. The number of carboxylic acids is 1. The van der Waals surface area contributed by atoms with Crippen molar-refractivity contribution in [1.82, 2.24) is 16.0 Å². The molecule has 0 aromatic carbocycles. The van der Waals surface area contributed by atoms with Crippen LogP contribution >= 0.6 is 12.6 Å². The van der Waals surface area contributed by atoms with Gasteiger partial charge in [-0.3, -0.25) is 19.2 Å². The lowest BCUT2D eigenvalue weighted by Gasteiger charge is -2.23. The largest absolute Gasteiger partial charge is 0.480 e. The van der Waals surface area contributed by atoms with Gasteiger partial charge in [0, 0.05) is 5.75 Å². The van der Waals surface area contributed by atoms with Crippen LogP contribution in [0.25, 0.3) is 0 Å². The van der Waals surface area contributed by atoms with Crippen molar-refractivity contribution in [2.75, 3.05) is 18.8 Å². The van der Waals surface area contributed by atoms with E-state index in [0.717, 1.165) is 0 Å². The molecule has 0 aromatic rings. The maximum absolute atomic E-state index is 12.0. The van der Waals surface area contributed by atoms with Gasteiger partial charge in [0.2, 0.25) is 17.7 Å². The van der Waals surface area contributed by atoms with Crippen LogP contribution < -0.4 is 21.7 Å². The molecule has 0 saturated heterocycles. The summed E-state index contributed by atoms with van der Waals surface area (Å²) >= 11 is 3.89. The monoisotopic (exact) mass is 336 g/mol. The molecule has 10 nitrogen and oxygen atoms in total. The maximum atomic E-state index is 12.0. The summed E-state index contributed by atoms with van der Waals surface area (Å²) in [6.07, 6.45) is -1.22. The van der Waals surface area contributed by atoms with Gasteiger partial charge in [0.15, 0.2) is 0 Å². The van der Waals surface area contributed by atoms with E-state index in [2.05, 4.69) is 28.6 Å². The second kappa shape index (κ2) is 9.97. The first-order chi connectivity index (χ1) is 10.2. The number of thiol groups is 1.